The van der Waals surface area contributed by atoms with Crippen molar-refractivity contribution in [3.63, 3.8) is 0 Å². The van der Waals surface area contributed by atoms with E-state index in [0.717, 1.165) is 83.1 Å². The summed E-state index contributed by atoms with van der Waals surface area (Å²) in [5, 5.41) is 27.1. The smallest absolute Gasteiger partial charge is 0.410 e. The van der Waals surface area contributed by atoms with Crippen LogP contribution in [-0.4, -0.2) is 84.8 Å². The second-order valence-electron chi connectivity index (χ2n) is 17.2. The van der Waals surface area contributed by atoms with E-state index >= 15 is 0 Å². The summed E-state index contributed by atoms with van der Waals surface area (Å²) in [6.07, 6.45) is 12.7. The number of ether oxygens (including phenoxy) is 5. The number of carbonyl (C=O) groups excluding carboxylic acids is 1. The molecule has 12 heteroatoms. The molecule has 4 aliphatic rings. The van der Waals surface area contributed by atoms with Crippen molar-refractivity contribution < 1.29 is 43.5 Å². The Labute approximate surface area is 381 Å². The van der Waals surface area contributed by atoms with Crippen molar-refractivity contribution in [3.8, 4) is 17.2 Å². The molecule has 4 aromatic rings. The first kappa shape index (κ1) is 45.7. The monoisotopic (exact) mass is 890 g/mol. The van der Waals surface area contributed by atoms with E-state index in [2.05, 4.69) is 43.2 Å². The summed E-state index contributed by atoms with van der Waals surface area (Å²) in [5.41, 5.74) is 3.58. The van der Waals surface area contributed by atoms with Gasteiger partial charge in [0.15, 0.2) is 0 Å². The van der Waals surface area contributed by atoms with Crippen molar-refractivity contribution in [2.75, 3.05) is 39.8 Å². The Morgan fingerprint density at radius 1 is 0.969 bits per heavy atom. The molecule has 8 rings (SSSR count). The van der Waals surface area contributed by atoms with Gasteiger partial charge in [-0.1, -0.05) is 72.6 Å². The van der Waals surface area contributed by atoms with E-state index in [4.69, 9.17) is 33.7 Å². The zero-order chi connectivity index (χ0) is 44.5. The van der Waals surface area contributed by atoms with Crippen LogP contribution in [-0.2, 0) is 25.6 Å². The van der Waals surface area contributed by atoms with Crippen LogP contribution >= 0.6 is 11.8 Å². The Kier molecular flexibility index (Phi) is 15.3. The number of allylic oxidation sites excluding steroid dienone is 1. The van der Waals surface area contributed by atoms with Crippen LogP contribution in [0.15, 0.2) is 119 Å². The standard InChI is InChI=1S/C52H62N2O9S/c1-4-29-60-52-47(54(51(57)58-2)34-37-17-13-16-35-14-5-6-18-41(35)37)33-45(53-63-48-20-9-12-30-59-48)43-31-36(15-7-10-27-55)42(19-8-11-28-56)49(50(43)52)44-32-39(23-26-46(44)62-52)61-38-21-24-40(64-3)25-22-38/h4-6,13-14,16-18,21-26,31-32,36,42,47-50,55-56H,1,7-12,15,19-20,27-30,33-34H2,2-3H3/t36-,42+,47-,48?,49+,50+,52+/m0/s1. The number of hydrogen-bond donors (Lipinski definition) is 2. The third kappa shape index (κ3) is 9.72. The molecule has 0 aromatic heterocycles. The second-order valence-corrected chi connectivity index (χ2v) is 18.1. The average molecular weight is 891 g/mol. The minimum Gasteiger partial charge on any atom is -0.459 e. The lowest BCUT2D eigenvalue weighted by Crippen LogP contribution is -2.70. The first-order valence-corrected chi connectivity index (χ1v) is 24.1. The molecule has 2 aliphatic carbocycles. The number of aliphatic hydroxyl groups is 2. The van der Waals surface area contributed by atoms with Crippen LogP contribution in [0, 0.1) is 17.8 Å². The summed E-state index contributed by atoms with van der Waals surface area (Å²) in [7, 11) is 1.41. The van der Waals surface area contributed by atoms with Gasteiger partial charge in [-0.25, -0.2) is 4.79 Å². The molecule has 2 aliphatic heterocycles. The van der Waals surface area contributed by atoms with Crippen LogP contribution in [0.4, 0.5) is 4.79 Å². The van der Waals surface area contributed by atoms with Gasteiger partial charge in [-0.2, -0.15) is 0 Å². The van der Waals surface area contributed by atoms with Crippen LogP contribution in [0.3, 0.4) is 0 Å². The lowest BCUT2D eigenvalue weighted by atomic mass is 9.55. The van der Waals surface area contributed by atoms with Gasteiger partial charge in [0.2, 0.25) is 12.1 Å². The fourth-order valence-electron chi connectivity index (χ4n) is 10.4. The molecule has 0 bridgehead atoms. The lowest BCUT2D eigenvalue weighted by Gasteiger charge is -2.59. The van der Waals surface area contributed by atoms with Gasteiger partial charge < -0.3 is 38.7 Å². The predicted octanol–water partition coefficient (Wildman–Crippen LogP) is 10.8. The molecule has 2 heterocycles. The van der Waals surface area contributed by atoms with Crippen molar-refractivity contribution in [2.45, 2.75) is 99.7 Å². The molecular formula is C52H62N2O9S. The van der Waals surface area contributed by atoms with Crippen LogP contribution in [0.25, 0.3) is 10.8 Å². The number of fused-ring (bicyclic) bond motifs is 3. The van der Waals surface area contributed by atoms with Crippen LogP contribution in [0.1, 0.15) is 81.3 Å². The van der Waals surface area contributed by atoms with E-state index in [1.165, 1.54) is 7.11 Å². The summed E-state index contributed by atoms with van der Waals surface area (Å²) in [6.45, 7) is 5.24. The SMILES string of the molecule is C=CCO[C@@]12Oc3ccc(Oc4ccc(SC)cc4)cc3[C@H]3[C@H](CCCCO)[C@@H](CCCCO)C=C(C(=NOC4CCCCO4)C[C@@H]1N(Cc1cccc4ccccc14)C(=O)OC)[C@H]32. The van der Waals surface area contributed by atoms with Crippen molar-refractivity contribution in [1.82, 2.24) is 4.90 Å². The van der Waals surface area contributed by atoms with Crippen molar-refractivity contribution in [1.29, 1.82) is 0 Å². The molecule has 4 aromatic carbocycles. The molecule has 11 nitrogen and oxygen atoms in total. The average Bonchev–Trinajstić information content (AvgIpc) is 3.33. The molecule has 1 unspecified atom stereocenters. The number of nitrogens with zero attached hydrogens (tertiary/aromatic N) is 2. The summed E-state index contributed by atoms with van der Waals surface area (Å²) in [5.74, 6) is 0.0161. The van der Waals surface area contributed by atoms with Gasteiger partial charge in [-0.15, -0.1) is 18.3 Å². The number of oxime groups is 1. The first-order chi connectivity index (χ1) is 31.4. The zero-order valence-corrected chi connectivity index (χ0v) is 37.9. The Hall–Kier alpha value is -4.85. The molecule has 0 spiro atoms. The van der Waals surface area contributed by atoms with Crippen LogP contribution in [0.5, 0.6) is 17.2 Å². The fourth-order valence-corrected chi connectivity index (χ4v) is 10.8. The Balaban J connectivity index is 1.34. The van der Waals surface area contributed by atoms with Gasteiger partial charge >= 0.3 is 6.09 Å². The highest BCUT2D eigenvalue weighted by Gasteiger charge is 2.65. The topological polar surface area (TPSA) is 129 Å². The third-order valence-corrected chi connectivity index (χ3v) is 14.1. The maximum Gasteiger partial charge on any atom is 0.410 e. The van der Waals surface area contributed by atoms with E-state index in [0.29, 0.717) is 36.7 Å². The highest BCUT2D eigenvalue weighted by Crippen LogP contribution is 2.62. The fraction of sp³-hybridized carbons (Fsp3) is 0.462. The van der Waals surface area contributed by atoms with Gasteiger partial charge in [-0.05, 0) is 121 Å². The van der Waals surface area contributed by atoms with Gasteiger partial charge in [0.25, 0.3) is 0 Å². The number of aliphatic hydroxyl groups excluding tert-OH is 2. The summed E-state index contributed by atoms with van der Waals surface area (Å²) < 4.78 is 32.9. The van der Waals surface area contributed by atoms with Crippen molar-refractivity contribution >= 4 is 34.3 Å². The van der Waals surface area contributed by atoms with E-state index < -0.39 is 30.1 Å². The molecule has 2 fully saturated rings. The molecule has 7 atom stereocenters. The Bertz CT molecular complexity index is 2270. The Morgan fingerprint density at radius 2 is 1.75 bits per heavy atom. The van der Waals surface area contributed by atoms with E-state index in [9.17, 15) is 15.0 Å². The number of rotatable bonds is 19. The van der Waals surface area contributed by atoms with Gasteiger partial charge in [0.05, 0.1) is 38.5 Å². The van der Waals surface area contributed by atoms with Crippen LogP contribution in [0.2, 0.25) is 0 Å². The summed E-state index contributed by atoms with van der Waals surface area (Å²) >= 11 is 1.68. The molecule has 0 radical (unpaired) electrons. The molecule has 1 saturated carbocycles. The van der Waals surface area contributed by atoms with Crippen LogP contribution < -0.4 is 9.47 Å². The molecule has 1 amide bonds. The molecule has 64 heavy (non-hydrogen) atoms. The number of unbranched alkanes of at least 4 members (excludes halogenated alkanes) is 2. The van der Waals surface area contributed by atoms with E-state index in [1.807, 2.05) is 60.7 Å². The summed E-state index contributed by atoms with van der Waals surface area (Å²) in [4.78, 5) is 23.8. The maximum absolute atomic E-state index is 14.5. The third-order valence-electron chi connectivity index (χ3n) is 13.4. The number of amides is 1. The number of hydrogen-bond acceptors (Lipinski definition) is 11. The Morgan fingerprint density at radius 3 is 2.50 bits per heavy atom. The molecule has 2 N–H and O–H groups in total. The zero-order valence-electron chi connectivity index (χ0n) is 37.1. The summed E-state index contributed by atoms with van der Waals surface area (Å²) in [6, 6.07) is 27.6. The van der Waals surface area contributed by atoms with E-state index in [1.54, 1.807) is 22.7 Å². The minimum atomic E-state index is -1.45. The predicted molar refractivity (Wildman–Crippen MR) is 250 cm³/mol. The number of benzene rings is 4. The number of methoxy groups -OCH3 is 1. The molecule has 1 saturated heterocycles. The minimum absolute atomic E-state index is 0.0525. The van der Waals surface area contributed by atoms with E-state index in [-0.39, 0.29) is 50.5 Å². The second kappa shape index (κ2) is 21.4. The number of carbonyl (C=O) groups is 1. The first-order valence-electron chi connectivity index (χ1n) is 22.9. The van der Waals surface area contributed by atoms with Crippen molar-refractivity contribution in [2.24, 2.45) is 22.9 Å². The highest BCUT2D eigenvalue weighted by molar-refractivity contribution is 7.98. The quantitative estimate of drug-likeness (QED) is 0.0406. The normalized spacial score (nSPS) is 25.4. The van der Waals surface area contributed by atoms with Gasteiger partial charge in [0, 0.05) is 42.4 Å². The van der Waals surface area contributed by atoms with Crippen molar-refractivity contribution in [3.05, 3.63) is 120 Å². The highest BCUT2D eigenvalue weighted by atomic mass is 32.2. The molecule has 340 valence electrons. The maximum atomic E-state index is 14.5. The lowest BCUT2D eigenvalue weighted by molar-refractivity contribution is -0.256. The van der Waals surface area contributed by atoms with Gasteiger partial charge in [0.1, 0.15) is 23.3 Å². The largest absolute Gasteiger partial charge is 0.459 e. The van der Waals surface area contributed by atoms with Gasteiger partial charge in [-0.3, -0.25) is 4.90 Å². The molecular weight excluding hydrogens is 829 g/mol. The number of thioether (sulfide) groups is 1.